The summed E-state index contributed by atoms with van der Waals surface area (Å²) in [5, 5.41) is 4.16. The van der Waals surface area contributed by atoms with E-state index in [-0.39, 0.29) is 23.3 Å². The molecular weight excluding hydrogens is 343 g/mol. The minimum Gasteiger partial charge on any atom is -0.354 e. The fraction of sp³-hybridized carbons (Fsp3) is 0.632. The van der Waals surface area contributed by atoms with Crippen LogP contribution >= 0.6 is 23.2 Å². The third-order valence-corrected chi connectivity index (χ3v) is 5.65. The highest BCUT2D eigenvalue weighted by Gasteiger charge is 2.31. The minimum atomic E-state index is -0.228. The summed E-state index contributed by atoms with van der Waals surface area (Å²) < 4.78 is 0. The summed E-state index contributed by atoms with van der Waals surface area (Å²) in [6.45, 7) is 11.4. The van der Waals surface area contributed by atoms with Crippen molar-refractivity contribution in [3.63, 3.8) is 0 Å². The van der Waals surface area contributed by atoms with Crippen molar-refractivity contribution in [2.45, 2.75) is 52.0 Å². The van der Waals surface area contributed by atoms with Gasteiger partial charge in [0.25, 0.3) is 0 Å². The predicted octanol–water partition coefficient (Wildman–Crippen LogP) is 4.72. The van der Waals surface area contributed by atoms with Gasteiger partial charge in [-0.3, -0.25) is 9.69 Å². The second-order valence-corrected chi connectivity index (χ2v) is 8.43. The van der Waals surface area contributed by atoms with Gasteiger partial charge in [0.1, 0.15) is 0 Å². The molecule has 0 radical (unpaired) electrons. The van der Waals surface area contributed by atoms with Crippen molar-refractivity contribution in [1.29, 1.82) is 0 Å². The Morgan fingerprint density at radius 3 is 2.38 bits per heavy atom. The standard InChI is InChI=1S/C19H28Cl2N2O/c1-13(2)17(14-7-8-15(20)16(21)11-14)18(24)22-12-19(3,4)23-9-5-6-10-23/h7-8,11,13,17H,5-6,9-10,12H2,1-4H3,(H,22,24). The van der Waals surface area contributed by atoms with E-state index in [2.05, 4.69) is 37.9 Å². The Balaban J connectivity index is 2.07. The third kappa shape index (κ3) is 4.65. The molecule has 1 amide bonds. The van der Waals surface area contributed by atoms with Crippen molar-refractivity contribution in [2.75, 3.05) is 19.6 Å². The lowest BCUT2D eigenvalue weighted by Crippen LogP contribution is -2.51. The number of carbonyl (C=O) groups is 1. The number of halogens is 2. The van der Waals surface area contributed by atoms with Crippen LogP contribution in [0.5, 0.6) is 0 Å². The lowest BCUT2D eigenvalue weighted by atomic mass is 9.87. The Kier molecular flexibility index (Phi) is 6.58. The maximum atomic E-state index is 12.8. The molecule has 1 N–H and O–H groups in total. The van der Waals surface area contributed by atoms with E-state index >= 15 is 0 Å². The smallest absolute Gasteiger partial charge is 0.227 e. The fourth-order valence-corrected chi connectivity index (χ4v) is 3.70. The van der Waals surface area contributed by atoms with Crippen LogP contribution in [0, 0.1) is 5.92 Å². The molecule has 2 rings (SSSR count). The minimum absolute atomic E-state index is 0.0225. The van der Waals surface area contributed by atoms with Gasteiger partial charge < -0.3 is 5.32 Å². The van der Waals surface area contributed by atoms with Crippen molar-refractivity contribution >= 4 is 29.1 Å². The van der Waals surface area contributed by atoms with Crippen molar-refractivity contribution in [2.24, 2.45) is 5.92 Å². The summed E-state index contributed by atoms with van der Waals surface area (Å²) in [6, 6.07) is 5.46. The van der Waals surface area contributed by atoms with Crippen LogP contribution in [0.4, 0.5) is 0 Å². The topological polar surface area (TPSA) is 32.3 Å². The average molecular weight is 371 g/mol. The van der Waals surface area contributed by atoms with Gasteiger partial charge in [-0.2, -0.15) is 0 Å². The monoisotopic (exact) mass is 370 g/mol. The first-order valence-electron chi connectivity index (χ1n) is 8.70. The number of hydrogen-bond donors (Lipinski definition) is 1. The molecule has 1 aliphatic heterocycles. The molecule has 0 saturated carbocycles. The first kappa shape index (κ1) is 19.6. The van der Waals surface area contributed by atoms with Crippen molar-refractivity contribution < 1.29 is 4.79 Å². The van der Waals surface area contributed by atoms with E-state index < -0.39 is 0 Å². The van der Waals surface area contributed by atoms with E-state index in [9.17, 15) is 4.79 Å². The highest BCUT2D eigenvalue weighted by Crippen LogP contribution is 2.31. The molecule has 1 fully saturated rings. The number of carbonyl (C=O) groups excluding carboxylic acids is 1. The van der Waals surface area contributed by atoms with Crippen molar-refractivity contribution in [1.82, 2.24) is 10.2 Å². The maximum Gasteiger partial charge on any atom is 0.227 e. The number of benzene rings is 1. The lowest BCUT2D eigenvalue weighted by Gasteiger charge is -2.36. The van der Waals surface area contributed by atoms with Crippen LogP contribution in [0.1, 0.15) is 52.0 Å². The number of hydrogen-bond acceptors (Lipinski definition) is 2. The second kappa shape index (κ2) is 8.07. The summed E-state index contributed by atoms with van der Waals surface area (Å²) in [5.74, 6) is 0.00180. The molecule has 5 heteroatoms. The van der Waals surface area contributed by atoms with Crippen LogP contribution < -0.4 is 5.32 Å². The van der Waals surface area contributed by atoms with Gasteiger partial charge in [-0.15, -0.1) is 0 Å². The van der Waals surface area contributed by atoms with Gasteiger partial charge in [0.15, 0.2) is 0 Å². The van der Waals surface area contributed by atoms with E-state index in [1.165, 1.54) is 12.8 Å². The van der Waals surface area contributed by atoms with Gasteiger partial charge in [-0.1, -0.05) is 43.1 Å². The van der Waals surface area contributed by atoms with Crippen LogP contribution in [-0.4, -0.2) is 36.0 Å². The highest BCUT2D eigenvalue weighted by molar-refractivity contribution is 6.42. The summed E-state index contributed by atoms with van der Waals surface area (Å²) >= 11 is 12.1. The fourth-order valence-electron chi connectivity index (χ4n) is 3.39. The average Bonchev–Trinajstić information content (AvgIpc) is 3.04. The maximum absolute atomic E-state index is 12.8. The molecule has 3 nitrogen and oxygen atoms in total. The SMILES string of the molecule is CC(C)C(C(=O)NCC(C)(C)N1CCCC1)c1ccc(Cl)c(Cl)c1. The van der Waals surface area contributed by atoms with Gasteiger partial charge in [0.2, 0.25) is 5.91 Å². The zero-order valence-electron chi connectivity index (χ0n) is 15.0. The Labute approximate surface area is 155 Å². The molecule has 1 aliphatic rings. The number of nitrogens with one attached hydrogen (secondary N) is 1. The number of nitrogens with zero attached hydrogens (tertiary/aromatic N) is 1. The molecule has 0 aromatic heterocycles. The first-order chi connectivity index (χ1) is 11.2. The van der Waals surface area contributed by atoms with E-state index in [4.69, 9.17) is 23.2 Å². The summed E-state index contributed by atoms with van der Waals surface area (Å²) in [5.41, 5.74) is 0.890. The van der Waals surface area contributed by atoms with Crippen molar-refractivity contribution in [3.05, 3.63) is 33.8 Å². The quantitative estimate of drug-likeness (QED) is 0.785. The third-order valence-electron chi connectivity index (χ3n) is 4.91. The summed E-state index contributed by atoms with van der Waals surface area (Å²) in [6.07, 6.45) is 2.49. The predicted molar refractivity (Wildman–Crippen MR) is 102 cm³/mol. The molecule has 0 aliphatic carbocycles. The molecule has 1 saturated heterocycles. The molecule has 1 aromatic rings. The summed E-state index contributed by atoms with van der Waals surface area (Å²) in [7, 11) is 0. The summed E-state index contributed by atoms with van der Waals surface area (Å²) in [4.78, 5) is 15.3. The molecule has 134 valence electrons. The van der Waals surface area contributed by atoms with Gasteiger partial charge in [-0.25, -0.2) is 0 Å². The van der Waals surface area contributed by atoms with E-state index in [1.807, 2.05) is 6.07 Å². The molecule has 0 bridgehead atoms. The molecule has 1 atom stereocenters. The van der Waals surface area contributed by atoms with Crippen LogP contribution in [0.25, 0.3) is 0 Å². The van der Waals surface area contributed by atoms with Gasteiger partial charge >= 0.3 is 0 Å². The van der Waals surface area contributed by atoms with Gasteiger partial charge in [0, 0.05) is 12.1 Å². The first-order valence-corrected chi connectivity index (χ1v) is 9.45. The second-order valence-electron chi connectivity index (χ2n) is 7.62. The molecule has 24 heavy (non-hydrogen) atoms. The molecule has 0 spiro atoms. The number of rotatable bonds is 6. The van der Waals surface area contributed by atoms with Crippen LogP contribution in [-0.2, 0) is 4.79 Å². The highest BCUT2D eigenvalue weighted by atomic mass is 35.5. The van der Waals surface area contributed by atoms with E-state index in [1.54, 1.807) is 12.1 Å². The van der Waals surface area contributed by atoms with E-state index in [0.717, 1.165) is 18.7 Å². The normalized spacial score (nSPS) is 17.3. The Morgan fingerprint density at radius 2 is 1.83 bits per heavy atom. The van der Waals surface area contributed by atoms with Crippen molar-refractivity contribution in [3.8, 4) is 0 Å². The lowest BCUT2D eigenvalue weighted by molar-refractivity contribution is -0.124. The Bertz CT molecular complexity index is 581. The van der Waals surface area contributed by atoms with Gasteiger partial charge in [-0.05, 0) is 63.4 Å². The number of amides is 1. The number of likely N-dealkylation sites (tertiary alicyclic amines) is 1. The van der Waals surface area contributed by atoms with Crippen LogP contribution in [0.3, 0.4) is 0 Å². The van der Waals surface area contributed by atoms with E-state index in [0.29, 0.717) is 16.6 Å². The molecule has 1 aromatic carbocycles. The van der Waals surface area contributed by atoms with Gasteiger partial charge in [0.05, 0.1) is 16.0 Å². The molecule has 1 unspecified atom stereocenters. The van der Waals surface area contributed by atoms with Crippen LogP contribution in [0.15, 0.2) is 18.2 Å². The Hall–Kier alpha value is -0.770. The largest absolute Gasteiger partial charge is 0.354 e. The Morgan fingerprint density at radius 1 is 1.21 bits per heavy atom. The van der Waals surface area contributed by atoms with Crippen LogP contribution in [0.2, 0.25) is 10.0 Å². The zero-order chi connectivity index (χ0) is 17.9. The molecule has 1 heterocycles. The molecular formula is C19H28Cl2N2O. The zero-order valence-corrected chi connectivity index (χ0v) is 16.5.